The van der Waals surface area contributed by atoms with Crippen LogP contribution in [0.1, 0.15) is 31.4 Å². The molecule has 2 aromatic rings. The third kappa shape index (κ3) is 5.10. The summed E-state index contributed by atoms with van der Waals surface area (Å²) in [7, 11) is 0. The van der Waals surface area contributed by atoms with Gasteiger partial charge in [-0.15, -0.1) is 0 Å². The second kappa shape index (κ2) is 9.55. The molecule has 2 N–H and O–H groups in total. The molecule has 160 valence electrons. The van der Waals surface area contributed by atoms with E-state index in [9.17, 15) is 14.9 Å². The van der Waals surface area contributed by atoms with Gasteiger partial charge in [0.15, 0.2) is 0 Å². The van der Waals surface area contributed by atoms with Gasteiger partial charge in [-0.1, -0.05) is 73.4 Å². The molecule has 0 saturated carbocycles. The van der Waals surface area contributed by atoms with Crippen LogP contribution in [0.25, 0.3) is 5.57 Å². The summed E-state index contributed by atoms with van der Waals surface area (Å²) in [5.41, 5.74) is 0.783. The Morgan fingerprint density at radius 1 is 1.23 bits per heavy atom. The summed E-state index contributed by atoms with van der Waals surface area (Å²) in [5.74, 6) is -0.928. The van der Waals surface area contributed by atoms with Crippen molar-refractivity contribution in [1.29, 1.82) is 5.26 Å². The van der Waals surface area contributed by atoms with Crippen LogP contribution in [-0.2, 0) is 11.2 Å². The maximum atomic E-state index is 12.9. The lowest BCUT2D eigenvalue weighted by Gasteiger charge is -2.41. The minimum absolute atomic E-state index is 0.0487. The quantitative estimate of drug-likeness (QED) is 0.658. The second-order valence-electron chi connectivity index (χ2n) is 8.07. The summed E-state index contributed by atoms with van der Waals surface area (Å²) >= 11 is 13.4. The van der Waals surface area contributed by atoms with Gasteiger partial charge in [0.2, 0.25) is 11.5 Å². The van der Waals surface area contributed by atoms with E-state index in [2.05, 4.69) is 16.4 Å². The van der Waals surface area contributed by atoms with Gasteiger partial charge < -0.3 is 10.3 Å². The zero-order valence-electron chi connectivity index (χ0n) is 17.3. The molecule has 1 amide bonds. The number of halogens is 2. The fraction of sp³-hybridized carbons (Fsp3) is 0.292. The van der Waals surface area contributed by atoms with Gasteiger partial charge in [-0.25, -0.2) is 0 Å². The number of nitrogens with zero attached hydrogens (tertiary/aromatic N) is 1. The number of carbonyl (C=O) groups is 1. The van der Waals surface area contributed by atoms with E-state index in [0.29, 0.717) is 27.6 Å². The number of allylic oxidation sites excluding steroid dienone is 2. The van der Waals surface area contributed by atoms with Gasteiger partial charge in [0.05, 0.1) is 18.0 Å². The number of hydrogen-bond donors (Lipinski definition) is 2. The molecular formula is C24H23Cl2N3O2. The average molecular weight is 456 g/mol. The number of carbonyl (C=O) groups excluding carboxylic acids is 1. The minimum atomic E-state index is -1.05. The monoisotopic (exact) mass is 455 g/mol. The highest BCUT2D eigenvalue weighted by atomic mass is 35.5. The van der Waals surface area contributed by atoms with Crippen molar-refractivity contribution in [3.8, 4) is 6.07 Å². The normalized spacial score (nSPS) is 20.9. The van der Waals surface area contributed by atoms with E-state index in [1.165, 1.54) is 12.3 Å². The molecule has 1 heterocycles. The molecule has 3 rings (SSSR count). The smallest absolute Gasteiger partial charge is 0.247 e. The molecule has 7 heteroatoms. The Bertz CT molecular complexity index is 1110. The van der Waals surface area contributed by atoms with Crippen molar-refractivity contribution in [2.45, 2.75) is 32.2 Å². The highest BCUT2D eigenvalue weighted by Crippen LogP contribution is 2.46. The van der Waals surface area contributed by atoms with Crippen LogP contribution in [0.2, 0.25) is 0 Å². The van der Waals surface area contributed by atoms with Crippen molar-refractivity contribution in [2.75, 3.05) is 0 Å². The molecule has 0 saturated heterocycles. The molecule has 0 aliphatic heterocycles. The summed E-state index contributed by atoms with van der Waals surface area (Å²) in [6, 6.07) is 14.7. The minimum Gasteiger partial charge on any atom is -0.345 e. The third-order valence-corrected chi connectivity index (χ3v) is 5.86. The van der Waals surface area contributed by atoms with Crippen molar-refractivity contribution >= 4 is 34.7 Å². The average Bonchev–Trinajstić information content (AvgIpc) is 2.70. The van der Waals surface area contributed by atoms with Crippen LogP contribution in [0, 0.1) is 23.2 Å². The number of pyridine rings is 1. The van der Waals surface area contributed by atoms with Crippen LogP contribution in [0.4, 0.5) is 0 Å². The van der Waals surface area contributed by atoms with Crippen molar-refractivity contribution in [2.24, 2.45) is 11.8 Å². The van der Waals surface area contributed by atoms with Gasteiger partial charge >= 0.3 is 0 Å². The molecule has 2 unspecified atom stereocenters. The lowest BCUT2D eigenvalue weighted by molar-refractivity contribution is -0.122. The Labute approximate surface area is 191 Å². The van der Waals surface area contributed by atoms with Crippen LogP contribution < -0.4 is 10.9 Å². The largest absolute Gasteiger partial charge is 0.345 e. The topological polar surface area (TPSA) is 85.8 Å². The highest BCUT2D eigenvalue weighted by molar-refractivity contribution is 6.43. The summed E-state index contributed by atoms with van der Waals surface area (Å²) in [6.45, 7) is 4.02. The molecule has 1 aromatic heterocycles. The maximum Gasteiger partial charge on any atom is 0.247 e. The fourth-order valence-electron chi connectivity index (χ4n) is 3.97. The van der Waals surface area contributed by atoms with Gasteiger partial charge in [-0.3, -0.25) is 9.59 Å². The van der Waals surface area contributed by atoms with E-state index in [1.807, 2.05) is 44.2 Å². The van der Waals surface area contributed by atoms with Crippen molar-refractivity contribution in [3.05, 3.63) is 86.3 Å². The molecular weight excluding hydrogens is 433 g/mol. The zero-order valence-corrected chi connectivity index (χ0v) is 18.8. The standard InChI is InChI=1S/C24H23Cl2N3O2/c1-15(2)11-24(29-21(31)10-16-8-9-20(30)28-14-16)12-19(25)22(23(26)18(24)13-27)17-6-4-3-5-7-17/h3-9,12,14-15,18H,10-11H2,1-2H3,(H,28,30)(H,29,31). The molecule has 2 atom stereocenters. The first kappa shape index (κ1) is 22.9. The fourth-order valence-corrected chi connectivity index (χ4v) is 4.88. The molecule has 1 aliphatic rings. The summed E-state index contributed by atoms with van der Waals surface area (Å²) < 4.78 is 0. The molecule has 1 aliphatic carbocycles. The van der Waals surface area contributed by atoms with Gasteiger partial charge in [0, 0.05) is 27.9 Å². The van der Waals surface area contributed by atoms with Gasteiger partial charge in [-0.2, -0.15) is 5.26 Å². The van der Waals surface area contributed by atoms with Crippen molar-refractivity contribution in [1.82, 2.24) is 10.3 Å². The molecule has 0 fully saturated rings. The van der Waals surface area contributed by atoms with Crippen molar-refractivity contribution < 1.29 is 4.79 Å². The SMILES string of the molecule is CC(C)CC1(NC(=O)Cc2ccc(=O)[nH]c2)C=C(Cl)C(c2ccccc2)=C(Cl)C1C#N. The lowest BCUT2D eigenvalue weighted by atomic mass is 9.73. The Kier molecular flexibility index (Phi) is 7.04. The van der Waals surface area contributed by atoms with Crippen LogP contribution >= 0.6 is 23.2 Å². The van der Waals surface area contributed by atoms with E-state index in [0.717, 1.165) is 5.56 Å². The first-order chi connectivity index (χ1) is 14.8. The Hall–Kier alpha value is -2.81. The first-order valence-corrected chi connectivity index (χ1v) is 10.7. The predicted octanol–water partition coefficient (Wildman–Crippen LogP) is 4.74. The molecule has 0 bridgehead atoms. The van der Waals surface area contributed by atoms with Gasteiger partial charge in [0.1, 0.15) is 5.92 Å². The summed E-state index contributed by atoms with van der Waals surface area (Å²) in [4.78, 5) is 26.8. The zero-order chi connectivity index (χ0) is 22.6. The van der Waals surface area contributed by atoms with Crippen LogP contribution in [-0.4, -0.2) is 16.4 Å². The van der Waals surface area contributed by atoms with Gasteiger partial charge in [-0.05, 0) is 29.5 Å². The Morgan fingerprint density at radius 3 is 2.52 bits per heavy atom. The summed E-state index contributed by atoms with van der Waals surface area (Å²) in [6.07, 6.45) is 3.79. The van der Waals surface area contributed by atoms with E-state index in [-0.39, 0.29) is 23.8 Å². The highest BCUT2D eigenvalue weighted by Gasteiger charge is 2.45. The predicted molar refractivity (Wildman–Crippen MR) is 123 cm³/mol. The lowest BCUT2D eigenvalue weighted by Crippen LogP contribution is -2.54. The summed E-state index contributed by atoms with van der Waals surface area (Å²) in [5, 5.41) is 13.8. The Morgan fingerprint density at radius 2 is 1.94 bits per heavy atom. The molecule has 0 radical (unpaired) electrons. The number of nitrogens with one attached hydrogen (secondary N) is 2. The van der Waals surface area contributed by atoms with E-state index < -0.39 is 11.5 Å². The molecule has 0 spiro atoms. The number of aromatic amines is 1. The number of nitriles is 1. The third-order valence-electron chi connectivity index (χ3n) is 5.15. The number of rotatable bonds is 6. The maximum absolute atomic E-state index is 12.9. The Balaban J connectivity index is 1.99. The van der Waals surface area contributed by atoms with Crippen LogP contribution in [0.15, 0.2) is 69.6 Å². The van der Waals surface area contributed by atoms with Crippen LogP contribution in [0.5, 0.6) is 0 Å². The first-order valence-electron chi connectivity index (χ1n) is 9.98. The van der Waals surface area contributed by atoms with Crippen LogP contribution in [0.3, 0.4) is 0 Å². The van der Waals surface area contributed by atoms with Gasteiger partial charge in [0.25, 0.3) is 0 Å². The number of amides is 1. The molecule has 1 aromatic carbocycles. The van der Waals surface area contributed by atoms with E-state index in [1.54, 1.807) is 12.1 Å². The van der Waals surface area contributed by atoms with E-state index in [4.69, 9.17) is 23.2 Å². The number of aromatic nitrogens is 1. The number of benzene rings is 1. The molecule has 31 heavy (non-hydrogen) atoms. The number of H-pyrrole nitrogens is 1. The number of hydrogen-bond acceptors (Lipinski definition) is 3. The molecule has 5 nitrogen and oxygen atoms in total. The van der Waals surface area contributed by atoms with E-state index >= 15 is 0 Å². The van der Waals surface area contributed by atoms with Crippen molar-refractivity contribution in [3.63, 3.8) is 0 Å². The second-order valence-corrected chi connectivity index (χ2v) is 8.88.